The number of amides is 1. The van der Waals surface area contributed by atoms with Crippen LogP contribution in [0.5, 0.6) is 0 Å². The number of nitrogens with two attached hydrogens (primary N) is 1. The number of nitrogens with zero attached hydrogens (tertiary/aromatic N) is 4. The average Bonchev–Trinajstić information content (AvgIpc) is 3.41. The monoisotopic (exact) mass is 459 g/mol. The quantitative estimate of drug-likeness (QED) is 0.468. The van der Waals surface area contributed by atoms with Crippen LogP contribution in [0, 0.1) is 5.82 Å². The molecular formula is C25H22FN5O3. The van der Waals surface area contributed by atoms with Gasteiger partial charge < -0.3 is 19.9 Å². The van der Waals surface area contributed by atoms with Crippen molar-refractivity contribution in [1.29, 1.82) is 0 Å². The van der Waals surface area contributed by atoms with Gasteiger partial charge in [0, 0.05) is 54.7 Å². The van der Waals surface area contributed by atoms with Crippen molar-refractivity contribution in [1.82, 2.24) is 14.5 Å². The van der Waals surface area contributed by atoms with Crippen molar-refractivity contribution in [2.75, 3.05) is 17.2 Å². The van der Waals surface area contributed by atoms with Gasteiger partial charge in [-0.3, -0.25) is 9.59 Å². The van der Waals surface area contributed by atoms with Crippen molar-refractivity contribution >= 4 is 34.4 Å². The number of ether oxygens (including phenoxy) is 1. The zero-order chi connectivity index (χ0) is 24.0. The van der Waals surface area contributed by atoms with Crippen LogP contribution in [0.25, 0.3) is 22.2 Å². The van der Waals surface area contributed by atoms with Gasteiger partial charge in [0.2, 0.25) is 6.10 Å². The minimum Gasteiger partial charge on any atom is -0.447 e. The first-order valence-corrected chi connectivity index (χ1v) is 10.8. The molecule has 0 radical (unpaired) electrons. The minimum atomic E-state index is -1.11. The number of benzene rings is 2. The molecule has 1 amide bonds. The van der Waals surface area contributed by atoms with Crippen LogP contribution < -0.4 is 10.6 Å². The lowest BCUT2D eigenvalue weighted by atomic mass is 10.0. The van der Waals surface area contributed by atoms with Crippen LogP contribution in [0.2, 0.25) is 0 Å². The second-order valence-corrected chi connectivity index (χ2v) is 8.18. The number of nitrogen functional groups attached to an aromatic ring is 1. The minimum absolute atomic E-state index is 0.268. The highest BCUT2D eigenvalue weighted by Crippen LogP contribution is 2.40. The second-order valence-electron chi connectivity index (χ2n) is 8.18. The van der Waals surface area contributed by atoms with Crippen molar-refractivity contribution in [3.05, 3.63) is 71.9 Å². The first-order valence-electron chi connectivity index (χ1n) is 10.8. The van der Waals surface area contributed by atoms with Crippen LogP contribution in [-0.2, 0) is 27.8 Å². The van der Waals surface area contributed by atoms with E-state index in [4.69, 9.17) is 10.5 Å². The van der Waals surface area contributed by atoms with Crippen LogP contribution in [0.1, 0.15) is 24.2 Å². The van der Waals surface area contributed by atoms with Gasteiger partial charge in [-0.1, -0.05) is 30.3 Å². The van der Waals surface area contributed by atoms with Gasteiger partial charge in [0.25, 0.3) is 5.91 Å². The standard InChI is InChI=1S/C25H22FN5O3/c1-14(32)34-22(15-6-4-3-5-7-15)25(33)31-11-10-17-19(31)9-8-16(21(17)26)18-12-30(2)24-20(18)23(27)28-13-29-24/h3-9,12-13,22H,10-11H2,1-2H3,(H2,27,28,29). The van der Waals surface area contributed by atoms with Gasteiger partial charge in [-0.2, -0.15) is 0 Å². The largest absolute Gasteiger partial charge is 0.447 e. The van der Waals surface area contributed by atoms with E-state index >= 15 is 4.39 Å². The number of carbonyl (C=O) groups is 2. The topological polar surface area (TPSA) is 103 Å². The Bertz CT molecular complexity index is 1430. The molecule has 1 aliphatic heterocycles. The molecule has 8 nitrogen and oxygen atoms in total. The highest BCUT2D eigenvalue weighted by molar-refractivity contribution is 6.03. The van der Waals surface area contributed by atoms with Crippen LogP contribution >= 0.6 is 0 Å². The van der Waals surface area contributed by atoms with Crippen LogP contribution in [0.4, 0.5) is 15.9 Å². The molecule has 0 saturated carbocycles. The number of aromatic nitrogens is 3. The molecule has 9 heteroatoms. The van der Waals surface area contributed by atoms with E-state index < -0.39 is 23.8 Å². The molecule has 3 heterocycles. The molecule has 5 rings (SSSR count). The van der Waals surface area contributed by atoms with E-state index in [9.17, 15) is 9.59 Å². The fraction of sp³-hybridized carbons (Fsp3) is 0.200. The zero-order valence-electron chi connectivity index (χ0n) is 18.7. The Hall–Kier alpha value is -4.27. The highest BCUT2D eigenvalue weighted by atomic mass is 19.1. The Morgan fingerprint density at radius 3 is 2.62 bits per heavy atom. The van der Waals surface area contributed by atoms with Crippen molar-refractivity contribution in [3.63, 3.8) is 0 Å². The Morgan fingerprint density at radius 1 is 1.12 bits per heavy atom. The lowest BCUT2D eigenvalue weighted by Crippen LogP contribution is -2.35. The third-order valence-corrected chi connectivity index (χ3v) is 6.04. The Labute approximate surface area is 194 Å². The summed E-state index contributed by atoms with van der Waals surface area (Å²) in [5.74, 6) is -1.15. The summed E-state index contributed by atoms with van der Waals surface area (Å²) in [6, 6.07) is 12.1. The maximum Gasteiger partial charge on any atom is 0.303 e. The number of esters is 1. The van der Waals surface area contributed by atoms with Crippen LogP contribution in [0.15, 0.2) is 55.0 Å². The van der Waals surface area contributed by atoms with Crippen molar-refractivity contribution in [3.8, 4) is 11.1 Å². The molecule has 1 atom stereocenters. The van der Waals surface area contributed by atoms with E-state index in [0.717, 1.165) is 0 Å². The Morgan fingerprint density at radius 2 is 1.88 bits per heavy atom. The molecule has 0 spiro atoms. The molecular weight excluding hydrogens is 437 g/mol. The summed E-state index contributed by atoms with van der Waals surface area (Å²) in [6.45, 7) is 1.53. The summed E-state index contributed by atoms with van der Waals surface area (Å²) in [7, 11) is 1.81. The molecule has 172 valence electrons. The van der Waals surface area contributed by atoms with E-state index in [2.05, 4.69) is 9.97 Å². The normalized spacial score (nSPS) is 13.7. The van der Waals surface area contributed by atoms with E-state index in [0.29, 0.717) is 45.4 Å². The van der Waals surface area contributed by atoms with E-state index in [1.165, 1.54) is 18.2 Å². The molecule has 2 aromatic carbocycles. The maximum atomic E-state index is 15.8. The molecule has 0 bridgehead atoms. The van der Waals surface area contributed by atoms with Crippen LogP contribution in [-0.4, -0.2) is 33.0 Å². The number of hydrogen-bond acceptors (Lipinski definition) is 6. The number of hydrogen-bond donors (Lipinski definition) is 1. The molecule has 0 aliphatic carbocycles. The van der Waals surface area contributed by atoms with Gasteiger partial charge >= 0.3 is 5.97 Å². The molecule has 4 aromatic rings. The maximum absolute atomic E-state index is 15.8. The number of anilines is 2. The fourth-order valence-electron chi connectivity index (χ4n) is 4.52. The number of rotatable bonds is 4. The number of fused-ring (bicyclic) bond motifs is 2. The van der Waals surface area contributed by atoms with Crippen molar-refractivity contribution in [2.24, 2.45) is 7.05 Å². The van der Waals surface area contributed by atoms with E-state index in [1.807, 2.05) is 13.1 Å². The second kappa shape index (κ2) is 8.26. The fourth-order valence-corrected chi connectivity index (χ4v) is 4.52. The summed E-state index contributed by atoms with van der Waals surface area (Å²) >= 11 is 0. The van der Waals surface area contributed by atoms with Gasteiger partial charge in [0.15, 0.2) is 0 Å². The third kappa shape index (κ3) is 3.45. The number of aryl methyl sites for hydroxylation is 1. The molecule has 0 saturated heterocycles. The molecule has 34 heavy (non-hydrogen) atoms. The Kier molecular flexibility index (Phi) is 5.24. The molecule has 0 fully saturated rings. The first-order chi connectivity index (χ1) is 16.4. The number of carbonyl (C=O) groups excluding carboxylic acids is 2. The third-order valence-electron chi connectivity index (χ3n) is 6.04. The highest BCUT2D eigenvalue weighted by Gasteiger charge is 2.35. The predicted octanol–water partition coefficient (Wildman–Crippen LogP) is 3.55. The predicted molar refractivity (Wildman–Crippen MR) is 125 cm³/mol. The summed E-state index contributed by atoms with van der Waals surface area (Å²) < 4.78 is 22.9. The smallest absolute Gasteiger partial charge is 0.303 e. The molecule has 1 aliphatic rings. The number of halogens is 1. The van der Waals surface area contributed by atoms with Gasteiger partial charge in [-0.25, -0.2) is 14.4 Å². The van der Waals surface area contributed by atoms with E-state index in [-0.39, 0.29) is 12.4 Å². The van der Waals surface area contributed by atoms with Gasteiger partial charge in [-0.15, -0.1) is 0 Å². The Balaban J connectivity index is 1.55. The summed E-state index contributed by atoms with van der Waals surface area (Å²) in [5.41, 5.74) is 9.07. The van der Waals surface area contributed by atoms with E-state index in [1.54, 1.807) is 47.2 Å². The van der Waals surface area contributed by atoms with Crippen LogP contribution in [0.3, 0.4) is 0 Å². The summed E-state index contributed by atoms with van der Waals surface area (Å²) in [6.07, 6.45) is 2.36. The molecule has 2 N–H and O–H groups in total. The SMILES string of the molecule is CC(=O)OC(C(=O)N1CCc2c1ccc(-c1cn(C)c3ncnc(N)c13)c2F)c1ccccc1. The summed E-state index contributed by atoms with van der Waals surface area (Å²) in [4.78, 5) is 34.9. The van der Waals surface area contributed by atoms with Gasteiger partial charge in [0.05, 0.1) is 5.39 Å². The van der Waals surface area contributed by atoms with Crippen molar-refractivity contribution in [2.45, 2.75) is 19.4 Å². The summed E-state index contributed by atoms with van der Waals surface area (Å²) in [5, 5.41) is 0.578. The van der Waals surface area contributed by atoms with Crippen molar-refractivity contribution < 1.29 is 18.7 Å². The average molecular weight is 459 g/mol. The van der Waals surface area contributed by atoms with Gasteiger partial charge in [0.1, 0.15) is 23.6 Å². The molecule has 2 aromatic heterocycles. The first kappa shape index (κ1) is 21.6. The zero-order valence-corrected chi connectivity index (χ0v) is 18.7. The van der Waals surface area contributed by atoms with Gasteiger partial charge in [-0.05, 0) is 18.6 Å². The lowest BCUT2D eigenvalue weighted by molar-refractivity contribution is -0.153. The lowest BCUT2D eigenvalue weighted by Gasteiger charge is -2.24. The molecule has 1 unspecified atom stereocenters.